The zero-order valence-corrected chi connectivity index (χ0v) is 16.4. The van der Waals surface area contributed by atoms with Gasteiger partial charge in [-0.05, 0) is 36.8 Å². The van der Waals surface area contributed by atoms with Crippen molar-refractivity contribution in [2.75, 3.05) is 10.2 Å². The van der Waals surface area contributed by atoms with E-state index in [1.54, 1.807) is 6.20 Å². The highest BCUT2D eigenvalue weighted by atomic mass is 15.3. The van der Waals surface area contributed by atoms with Crippen LogP contribution in [0.5, 0.6) is 0 Å². The van der Waals surface area contributed by atoms with E-state index in [9.17, 15) is 0 Å². The van der Waals surface area contributed by atoms with Gasteiger partial charge in [0, 0.05) is 23.6 Å². The average Bonchev–Trinajstić information content (AvgIpc) is 2.78. The summed E-state index contributed by atoms with van der Waals surface area (Å²) in [5, 5.41) is 3.37. The molecule has 0 aliphatic carbocycles. The molecule has 0 fully saturated rings. The van der Waals surface area contributed by atoms with E-state index in [2.05, 4.69) is 51.6 Å². The van der Waals surface area contributed by atoms with E-state index >= 15 is 0 Å². The molecule has 0 aliphatic rings. The van der Waals surface area contributed by atoms with E-state index in [0.717, 1.165) is 22.9 Å². The van der Waals surface area contributed by atoms with Crippen molar-refractivity contribution in [1.82, 2.24) is 15.0 Å². The fraction of sp³-hybridized carbons (Fsp3) is 0.125. The van der Waals surface area contributed by atoms with Crippen molar-refractivity contribution in [3.63, 3.8) is 0 Å². The van der Waals surface area contributed by atoms with Crippen LogP contribution in [0, 0.1) is 6.92 Å². The highest BCUT2D eigenvalue weighted by Crippen LogP contribution is 2.26. The molecule has 0 radical (unpaired) electrons. The molecule has 0 aliphatic heterocycles. The van der Waals surface area contributed by atoms with Gasteiger partial charge in [0.1, 0.15) is 5.82 Å². The molecule has 0 bridgehead atoms. The Bertz CT molecular complexity index is 1040. The van der Waals surface area contributed by atoms with Crippen molar-refractivity contribution >= 4 is 17.5 Å². The van der Waals surface area contributed by atoms with Gasteiger partial charge in [-0.15, -0.1) is 0 Å². The van der Waals surface area contributed by atoms with Crippen molar-refractivity contribution in [2.45, 2.75) is 20.0 Å². The summed E-state index contributed by atoms with van der Waals surface area (Å²) in [6.45, 7) is 3.29. The van der Waals surface area contributed by atoms with Crippen LogP contribution in [0.1, 0.15) is 17.0 Å². The first kappa shape index (κ1) is 18.6. The Morgan fingerprint density at radius 3 is 2.28 bits per heavy atom. The first-order valence-corrected chi connectivity index (χ1v) is 9.64. The second-order valence-electron chi connectivity index (χ2n) is 6.78. The standard InChI is InChI=1S/C24H23N5/c1-19-16-23(26-17-21-12-8-9-15-25-21)28-24(27-19)29(22-13-6-3-7-14-22)18-20-10-4-2-5-11-20/h2-16H,17-18H2,1H3,(H,26,27,28). The van der Waals surface area contributed by atoms with Gasteiger partial charge in [0.05, 0.1) is 18.8 Å². The molecule has 0 unspecified atom stereocenters. The van der Waals surface area contributed by atoms with Crippen LogP contribution in [0.3, 0.4) is 0 Å². The molecule has 144 valence electrons. The number of nitrogens with one attached hydrogen (secondary N) is 1. The quantitative estimate of drug-likeness (QED) is 0.481. The third kappa shape index (κ3) is 4.96. The van der Waals surface area contributed by atoms with Crippen molar-refractivity contribution in [3.05, 3.63) is 108 Å². The van der Waals surface area contributed by atoms with Gasteiger partial charge in [-0.1, -0.05) is 54.6 Å². The third-order valence-electron chi connectivity index (χ3n) is 4.51. The van der Waals surface area contributed by atoms with Crippen molar-refractivity contribution in [2.24, 2.45) is 0 Å². The SMILES string of the molecule is Cc1cc(NCc2ccccn2)nc(N(Cc2ccccc2)c2ccccc2)n1. The van der Waals surface area contributed by atoms with Crippen LogP contribution in [0.25, 0.3) is 0 Å². The van der Waals surface area contributed by atoms with Crippen LogP contribution in [-0.2, 0) is 13.1 Å². The maximum absolute atomic E-state index is 4.80. The molecule has 4 aromatic rings. The van der Waals surface area contributed by atoms with Crippen molar-refractivity contribution < 1.29 is 0 Å². The van der Waals surface area contributed by atoms with Crippen LogP contribution in [0.4, 0.5) is 17.5 Å². The topological polar surface area (TPSA) is 53.9 Å². The second-order valence-corrected chi connectivity index (χ2v) is 6.78. The molecule has 2 aromatic carbocycles. The number of hydrogen-bond donors (Lipinski definition) is 1. The van der Waals surface area contributed by atoms with Gasteiger partial charge in [0.25, 0.3) is 0 Å². The number of benzene rings is 2. The molecular weight excluding hydrogens is 358 g/mol. The van der Waals surface area contributed by atoms with Crippen LogP contribution in [0.2, 0.25) is 0 Å². The smallest absolute Gasteiger partial charge is 0.232 e. The van der Waals surface area contributed by atoms with Crippen LogP contribution in [-0.4, -0.2) is 15.0 Å². The minimum absolute atomic E-state index is 0.612. The first-order valence-electron chi connectivity index (χ1n) is 9.64. The number of para-hydroxylation sites is 1. The zero-order valence-electron chi connectivity index (χ0n) is 16.4. The van der Waals surface area contributed by atoms with Gasteiger partial charge >= 0.3 is 0 Å². The summed E-state index contributed by atoms with van der Waals surface area (Å²) in [5.74, 6) is 1.45. The minimum Gasteiger partial charge on any atom is -0.364 e. The summed E-state index contributed by atoms with van der Waals surface area (Å²) in [6.07, 6.45) is 1.80. The first-order chi connectivity index (χ1) is 14.3. The molecular formula is C24H23N5. The van der Waals surface area contributed by atoms with Crippen molar-refractivity contribution in [1.29, 1.82) is 0 Å². The number of aryl methyl sites for hydroxylation is 1. The van der Waals surface area contributed by atoms with Gasteiger partial charge in [-0.2, -0.15) is 4.98 Å². The molecule has 0 saturated heterocycles. The molecule has 0 saturated carbocycles. The number of anilines is 3. The Kier molecular flexibility index (Phi) is 5.76. The molecule has 0 spiro atoms. The third-order valence-corrected chi connectivity index (χ3v) is 4.51. The summed E-state index contributed by atoms with van der Waals surface area (Å²) >= 11 is 0. The molecule has 5 nitrogen and oxygen atoms in total. The lowest BCUT2D eigenvalue weighted by Crippen LogP contribution is -2.20. The molecule has 2 aromatic heterocycles. The van der Waals surface area contributed by atoms with E-state index in [1.165, 1.54) is 5.56 Å². The maximum Gasteiger partial charge on any atom is 0.232 e. The summed E-state index contributed by atoms with van der Waals surface area (Å²) in [4.78, 5) is 16.0. The van der Waals surface area contributed by atoms with Gasteiger partial charge in [-0.25, -0.2) is 4.98 Å². The normalized spacial score (nSPS) is 10.5. The number of pyridine rings is 1. The van der Waals surface area contributed by atoms with Gasteiger partial charge in [-0.3, -0.25) is 4.98 Å². The van der Waals surface area contributed by atoms with E-state index in [4.69, 9.17) is 9.97 Å². The molecule has 5 heteroatoms. The van der Waals surface area contributed by atoms with Crippen LogP contribution < -0.4 is 10.2 Å². The Balaban J connectivity index is 1.64. The van der Waals surface area contributed by atoms with Gasteiger partial charge in [0.2, 0.25) is 5.95 Å². The average molecular weight is 381 g/mol. The lowest BCUT2D eigenvalue weighted by Gasteiger charge is -2.24. The Morgan fingerprint density at radius 1 is 0.828 bits per heavy atom. The summed E-state index contributed by atoms with van der Waals surface area (Å²) < 4.78 is 0. The lowest BCUT2D eigenvalue weighted by atomic mass is 10.2. The fourth-order valence-electron chi connectivity index (χ4n) is 3.10. The second kappa shape index (κ2) is 8.97. The number of hydrogen-bond acceptors (Lipinski definition) is 5. The van der Waals surface area contributed by atoms with Gasteiger partial charge < -0.3 is 10.2 Å². The van der Waals surface area contributed by atoms with E-state index < -0.39 is 0 Å². The van der Waals surface area contributed by atoms with E-state index in [1.807, 2.05) is 55.5 Å². The molecule has 0 atom stereocenters. The predicted molar refractivity (Wildman–Crippen MR) is 117 cm³/mol. The molecule has 2 heterocycles. The van der Waals surface area contributed by atoms with Crippen molar-refractivity contribution in [3.8, 4) is 0 Å². The summed E-state index contributed by atoms with van der Waals surface area (Å²) in [7, 11) is 0. The number of aromatic nitrogens is 3. The van der Waals surface area contributed by atoms with E-state index in [-0.39, 0.29) is 0 Å². The molecule has 1 N–H and O–H groups in total. The zero-order chi connectivity index (χ0) is 19.9. The van der Waals surface area contributed by atoms with Gasteiger partial charge in [0.15, 0.2) is 0 Å². The highest BCUT2D eigenvalue weighted by molar-refractivity contribution is 5.59. The van der Waals surface area contributed by atoms with E-state index in [0.29, 0.717) is 19.0 Å². The monoisotopic (exact) mass is 381 g/mol. The summed E-state index contributed by atoms with van der Waals surface area (Å²) in [6, 6.07) is 28.4. The Hall–Kier alpha value is -3.73. The summed E-state index contributed by atoms with van der Waals surface area (Å²) in [5.41, 5.74) is 4.13. The minimum atomic E-state index is 0.612. The molecule has 4 rings (SSSR count). The van der Waals surface area contributed by atoms with Crippen LogP contribution >= 0.6 is 0 Å². The number of nitrogens with zero attached hydrogens (tertiary/aromatic N) is 4. The molecule has 29 heavy (non-hydrogen) atoms. The predicted octanol–water partition coefficient (Wildman–Crippen LogP) is 5.13. The molecule has 0 amide bonds. The highest BCUT2D eigenvalue weighted by Gasteiger charge is 2.14. The lowest BCUT2D eigenvalue weighted by molar-refractivity contribution is 0.898. The largest absolute Gasteiger partial charge is 0.364 e. The Labute approximate surface area is 171 Å². The maximum atomic E-state index is 4.80. The number of rotatable bonds is 7. The Morgan fingerprint density at radius 2 is 1.55 bits per heavy atom. The fourth-order valence-corrected chi connectivity index (χ4v) is 3.10. The van der Waals surface area contributed by atoms with Crippen LogP contribution in [0.15, 0.2) is 91.1 Å².